The van der Waals surface area contributed by atoms with E-state index in [0.29, 0.717) is 30.5 Å². The molecule has 2 fully saturated rings. The lowest BCUT2D eigenvalue weighted by Crippen LogP contribution is -2.53. The molecule has 1 amide bonds. The van der Waals surface area contributed by atoms with Crippen LogP contribution in [0.3, 0.4) is 0 Å². The summed E-state index contributed by atoms with van der Waals surface area (Å²) in [5, 5.41) is 0. The number of amides is 1. The minimum absolute atomic E-state index is 0.301. The van der Waals surface area contributed by atoms with Gasteiger partial charge in [0.05, 0.1) is 0 Å². The molecule has 92 valence electrons. The summed E-state index contributed by atoms with van der Waals surface area (Å²) >= 11 is 0. The molecule has 3 heteroatoms. The number of carbonyl (C=O) groups excluding carboxylic acids is 1. The number of hydrogen-bond acceptors (Lipinski definition) is 2. The normalized spacial score (nSPS) is 32.0. The van der Waals surface area contributed by atoms with Gasteiger partial charge in [0, 0.05) is 24.5 Å². The van der Waals surface area contributed by atoms with E-state index in [1.54, 1.807) is 0 Å². The van der Waals surface area contributed by atoms with Crippen LogP contribution in [0.1, 0.15) is 51.9 Å². The minimum atomic E-state index is 0.301. The number of nitrogens with two attached hydrogens (primary N) is 1. The van der Waals surface area contributed by atoms with E-state index < -0.39 is 0 Å². The first-order valence-corrected chi connectivity index (χ1v) is 6.76. The topological polar surface area (TPSA) is 46.3 Å². The van der Waals surface area contributed by atoms with Gasteiger partial charge in [0.1, 0.15) is 0 Å². The fourth-order valence-corrected chi connectivity index (χ4v) is 3.30. The molecule has 0 spiro atoms. The monoisotopic (exact) mass is 224 g/mol. The van der Waals surface area contributed by atoms with E-state index in [1.165, 1.54) is 19.3 Å². The van der Waals surface area contributed by atoms with Gasteiger partial charge in [-0.15, -0.1) is 0 Å². The Morgan fingerprint density at radius 3 is 2.50 bits per heavy atom. The maximum Gasteiger partial charge on any atom is 0.226 e. The summed E-state index contributed by atoms with van der Waals surface area (Å²) in [4.78, 5) is 14.6. The summed E-state index contributed by atoms with van der Waals surface area (Å²) in [6, 6.07) is 0.701. The van der Waals surface area contributed by atoms with E-state index in [1.807, 2.05) is 0 Å². The summed E-state index contributed by atoms with van der Waals surface area (Å²) in [5.41, 5.74) is 5.80. The van der Waals surface area contributed by atoms with Crippen LogP contribution in [0.4, 0.5) is 0 Å². The van der Waals surface area contributed by atoms with Gasteiger partial charge >= 0.3 is 0 Å². The number of hydrogen-bond donors (Lipinski definition) is 1. The quantitative estimate of drug-likeness (QED) is 0.778. The lowest BCUT2D eigenvalue weighted by Gasteiger charge is -2.41. The summed E-state index contributed by atoms with van der Waals surface area (Å²) < 4.78 is 0. The van der Waals surface area contributed by atoms with Crippen LogP contribution in [0.15, 0.2) is 0 Å². The van der Waals surface area contributed by atoms with Crippen LogP contribution >= 0.6 is 0 Å². The molecule has 0 radical (unpaired) electrons. The van der Waals surface area contributed by atoms with Crippen molar-refractivity contribution in [2.45, 2.75) is 64.0 Å². The second kappa shape index (κ2) is 5.17. The number of nitrogens with zero attached hydrogens (tertiary/aromatic N) is 1. The summed E-state index contributed by atoms with van der Waals surface area (Å²) in [7, 11) is 0. The molecule has 0 aromatic heterocycles. The van der Waals surface area contributed by atoms with Crippen molar-refractivity contribution in [1.82, 2.24) is 4.90 Å². The molecule has 16 heavy (non-hydrogen) atoms. The molecule has 2 atom stereocenters. The predicted molar refractivity (Wildman–Crippen MR) is 65.0 cm³/mol. The first kappa shape index (κ1) is 11.9. The molecule has 0 bridgehead atoms. The molecule has 1 saturated carbocycles. The second-order valence-corrected chi connectivity index (χ2v) is 5.40. The number of rotatable bonds is 2. The van der Waals surface area contributed by atoms with Crippen molar-refractivity contribution in [3.63, 3.8) is 0 Å². The fourth-order valence-electron chi connectivity index (χ4n) is 3.30. The lowest BCUT2D eigenvalue weighted by atomic mass is 9.93. The molecule has 1 aliphatic heterocycles. The van der Waals surface area contributed by atoms with Gasteiger partial charge in [-0.1, -0.05) is 12.8 Å². The standard InChI is InChI=1S/C13H24N2O/c1-10-5-4-8-12(9-14)15(10)13(16)11-6-2-3-7-11/h10-12H,2-9,14H2,1H3. The highest BCUT2D eigenvalue weighted by molar-refractivity contribution is 5.79. The van der Waals surface area contributed by atoms with Gasteiger partial charge in [-0.2, -0.15) is 0 Å². The second-order valence-electron chi connectivity index (χ2n) is 5.40. The zero-order valence-corrected chi connectivity index (χ0v) is 10.3. The summed E-state index contributed by atoms with van der Waals surface area (Å²) in [6.45, 7) is 2.80. The van der Waals surface area contributed by atoms with Gasteiger partial charge in [-0.05, 0) is 39.0 Å². The molecule has 2 N–H and O–H groups in total. The molecule has 3 nitrogen and oxygen atoms in total. The third-order valence-electron chi connectivity index (χ3n) is 4.26. The Kier molecular flexibility index (Phi) is 3.85. The van der Waals surface area contributed by atoms with E-state index >= 15 is 0 Å². The van der Waals surface area contributed by atoms with Gasteiger partial charge in [0.15, 0.2) is 0 Å². The average Bonchev–Trinajstić information content (AvgIpc) is 2.81. The molecule has 1 heterocycles. The van der Waals surface area contributed by atoms with Gasteiger partial charge < -0.3 is 10.6 Å². The molecule has 0 aromatic carbocycles. The number of piperidine rings is 1. The molecule has 1 aliphatic carbocycles. The Hall–Kier alpha value is -0.570. The number of carbonyl (C=O) groups is 1. The molecular formula is C13H24N2O. The van der Waals surface area contributed by atoms with E-state index in [9.17, 15) is 4.79 Å². The van der Waals surface area contributed by atoms with Crippen LogP contribution in [-0.2, 0) is 4.79 Å². The third-order valence-corrected chi connectivity index (χ3v) is 4.26. The van der Waals surface area contributed by atoms with Crippen LogP contribution in [0.5, 0.6) is 0 Å². The Bertz CT molecular complexity index is 248. The minimum Gasteiger partial charge on any atom is -0.336 e. The van der Waals surface area contributed by atoms with Gasteiger partial charge in [0.2, 0.25) is 5.91 Å². The van der Waals surface area contributed by atoms with Crippen molar-refractivity contribution in [2.24, 2.45) is 11.7 Å². The molecule has 2 unspecified atom stereocenters. The Labute approximate surface area is 98.4 Å². The zero-order chi connectivity index (χ0) is 11.5. The smallest absolute Gasteiger partial charge is 0.226 e. The van der Waals surface area contributed by atoms with E-state index in [2.05, 4.69) is 11.8 Å². The number of likely N-dealkylation sites (tertiary alicyclic amines) is 1. The maximum absolute atomic E-state index is 12.5. The average molecular weight is 224 g/mol. The highest BCUT2D eigenvalue weighted by Gasteiger charge is 2.35. The van der Waals surface area contributed by atoms with E-state index in [0.717, 1.165) is 25.7 Å². The summed E-state index contributed by atoms with van der Waals surface area (Å²) in [5.74, 6) is 0.690. The van der Waals surface area contributed by atoms with Crippen molar-refractivity contribution >= 4 is 5.91 Å². The van der Waals surface area contributed by atoms with Crippen molar-refractivity contribution in [1.29, 1.82) is 0 Å². The first-order chi connectivity index (χ1) is 7.74. The fraction of sp³-hybridized carbons (Fsp3) is 0.923. The highest BCUT2D eigenvalue weighted by Crippen LogP contribution is 2.31. The highest BCUT2D eigenvalue weighted by atomic mass is 16.2. The van der Waals surface area contributed by atoms with Crippen LogP contribution in [0.2, 0.25) is 0 Å². The van der Waals surface area contributed by atoms with Crippen LogP contribution < -0.4 is 5.73 Å². The maximum atomic E-state index is 12.5. The van der Waals surface area contributed by atoms with Crippen molar-refractivity contribution in [2.75, 3.05) is 6.54 Å². The lowest BCUT2D eigenvalue weighted by molar-refractivity contribution is -0.141. The Morgan fingerprint density at radius 1 is 1.19 bits per heavy atom. The van der Waals surface area contributed by atoms with Crippen LogP contribution in [-0.4, -0.2) is 29.4 Å². The molecule has 1 saturated heterocycles. The van der Waals surface area contributed by atoms with Gasteiger partial charge in [-0.3, -0.25) is 4.79 Å². The van der Waals surface area contributed by atoms with Gasteiger partial charge in [0.25, 0.3) is 0 Å². The first-order valence-electron chi connectivity index (χ1n) is 6.76. The van der Waals surface area contributed by atoms with Crippen molar-refractivity contribution in [3.8, 4) is 0 Å². The van der Waals surface area contributed by atoms with Crippen molar-refractivity contribution < 1.29 is 4.79 Å². The predicted octanol–water partition coefficient (Wildman–Crippen LogP) is 1.90. The van der Waals surface area contributed by atoms with Crippen LogP contribution in [0, 0.1) is 5.92 Å². The van der Waals surface area contributed by atoms with E-state index in [4.69, 9.17) is 5.73 Å². The molecule has 2 aliphatic rings. The molecule has 2 rings (SSSR count). The van der Waals surface area contributed by atoms with Crippen molar-refractivity contribution in [3.05, 3.63) is 0 Å². The largest absolute Gasteiger partial charge is 0.336 e. The zero-order valence-electron chi connectivity index (χ0n) is 10.3. The Morgan fingerprint density at radius 2 is 1.88 bits per heavy atom. The summed E-state index contributed by atoms with van der Waals surface area (Å²) in [6.07, 6.45) is 8.11. The third kappa shape index (κ3) is 2.24. The van der Waals surface area contributed by atoms with Gasteiger partial charge in [-0.25, -0.2) is 0 Å². The molecular weight excluding hydrogens is 200 g/mol. The Balaban J connectivity index is 2.05. The van der Waals surface area contributed by atoms with E-state index in [-0.39, 0.29) is 0 Å². The molecule has 0 aromatic rings. The SMILES string of the molecule is CC1CCCC(CN)N1C(=O)C1CCCC1. The van der Waals surface area contributed by atoms with Crippen LogP contribution in [0.25, 0.3) is 0 Å².